The molecule has 0 unspecified atom stereocenters. The molecule has 7 nitrogen and oxygen atoms in total. The summed E-state index contributed by atoms with van der Waals surface area (Å²) in [6, 6.07) is 13.3. The highest BCUT2D eigenvalue weighted by Gasteiger charge is 2.44. The van der Waals surface area contributed by atoms with Crippen LogP contribution in [0.3, 0.4) is 0 Å². The number of hydrogen-bond acceptors (Lipinski definition) is 6. The molecule has 3 heterocycles. The van der Waals surface area contributed by atoms with Gasteiger partial charge in [0.05, 0.1) is 18.2 Å². The van der Waals surface area contributed by atoms with Gasteiger partial charge in [-0.3, -0.25) is 14.6 Å². The number of furan rings is 1. The third kappa shape index (κ3) is 4.67. The molecule has 7 heteroatoms. The zero-order valence-corrected chi connectivity index (χ0v) is 18.7. The first-order valence-corrected chi connectivity index (χ1v) is 11.0. The van der Waals surface area contributed by atoms with E-state index in [2.05, 4.69) is 11.9 Å². The monoisotopic (exact) mass is 446 g/mol. The predicted molar refractivity (Wildman–Crippen MR) is 122 cm³/mol. The highest BCUT2D eigenvalue weighted by Crippen LogP contribution is 2.41. The Labute approximate surface area is 192 Å². The van der Waals surface area contributed by atoms with Crippen molar-refractivity contribution in [1.29, 1.82) is 0 Å². The van der Waals surface area contributed by atoms with Crippen molar-refractivity contribution in [3.8, 4) is 5.75 Å². The number of Topliss-reactive ketones (excluding diaryl/α,β-unsaturated/α-hetero) is 1. The van der Waals surface area contributed by atoms with Crippen LogP contribution in [0, 0.1) is 6.92 Å². The Morgan fingerprint density at radius 3 is 2.67 bits per heavy atom. The molecule has 0 aliphatic carbocycles. The first-order chi connectivity index (χ1) is 16.0. The minimum atomic E-state index is -0.793. The lowest BCUT2D eigenvalue weighted by Crippen LogP contribution is -2.30. The van der Waals surface area contributed by atoms with Crippen molar-refractivity contribution in [2.45, 2.75) is 39.3 Å². The van der Waals surface area contributed by atoms with Crippen LogP contribution < -0.4 is 4.74 Å². The van der Waals surface area contributed by atoms with E-state index in [-0.39, 0.29) is 17.9 Å². The minimum Gasteiger partial charge on any atom is -0.503 e. The molecule has 33 heavy (non-hydrogen) atoms. The first kappa shape index (κ1) is 22.3. The van der Waals surface area contributed by atoms with Gasteiger partial charge in [-0.2, -0.15) is 0 Å². The molecule has 2 aromatic heterocycles. The van der Waals surface area contributed by atoms with Gasteiger partial charge in [0.1, 0.15) is 11.5 Å². The number of aliphatic hydroxyl groups is 1. The highest BCUT2D eigenvalue weighted by atomic mass is 16.5. The van der Waals surface area contributed by atoms with E-state index in [0.29, 0.717) is 23.7 Å². The lowest BCUT2D eigenvalue weighted by atomic mass is 9.94. The number of ketones is 1. The summed E-state index contributed by atoms with van der Waals surface area (Å²) in [5.74, 6) is -0.406. The number of carbonyl (C=O) groups is 2. The molecule has 4 rings (SSSR count). The molecule has 0 fully saturated rings. The summed E-state index contributed by atoms with van der Waals surface area (Å²) in [5, 5.41) is 10.8. The van der Waals surface area contributed by atoms with Crippen LogP contribution in [0.4, 0.5) is 0 Å². The van der Waals surface area contributed by atoms with Crippen molar-refractivity contribution in [2.24, 2.45) is 0 Å². The van der Waals surface area contributed by atoms with Crippen LogP contribution in [0.25, 0.3) is 0 Å². The minimum absolute atomic E-state index is 0.00545. The second-order valence-corrected chi connectivity index (χ2v) is 7.97. The molecule has 0 radical (unpaired) electrons. The smallest absolute Gasteiger partial charge is 0.290 e. The topological polar surface area (TPSA) is 92.9 Å². The average Bonchev–Trinajstić information content (AvgIpc) is 3.36. The molecule has 1 atom stereocenters. The summed E-state index contributed by atoms with van der Waals surface area (Å²) in [6.45, 7) is 4.59. The average molecular weight is 447 g/mol. The Bertz CT molecular complexity index is 1180. The van der Waals surface area contributed by atoms with E-state index in [1.807, 2.05) is 24.3 Å². The first-order valence-electron chi connectivity index (χ1n) is 11.0. The van der Waals surface area contributed by atoms with Crippen LogP contribution >= 0.6 is 0 Å². The largest absolute Gasteiger partial charge is 0.503 e. The maximum atomic E-state index is 13.4. The van der Waals surface area contributed by atoms with Gasteiger partial charge >= 0.3 is 0 Å². The van der Waals surface area contributed by atoms with Gasteiger partial charge in [-0.25, -0.2) is 0 Å². The third-order valence-electron chi connectivity index (χ3n) is 5.56. The van der Waals surface area contributed by atoms with E-state index in [4.69, 9.17) is 9.15 Å². The van der Waals surface area contributed by atoms with Crippen molar-refractivity contribution >= 4 is 11.7 Å². The molecule has 0 bridgehead atoms. The molecule has 170 valence electrons. The van der Waals surface area contributed by atoms with Crippen molar-refractivity contribution in [3.05, 3.63) is 94.9 Å². The molecule has 3 aromatic rings. The van der Waals surface area contributed by atoms with E-state index in [0.717, 1.165) is 18.4 Å². The Kier molecular flexibility index (Phi) is 6.58. The Balaban J connectivity index is 1.75. The van der Waals surface area contributed by atoms with Crippen molar-refractivity contribution in [3.63, 3.8) is 0 Å². The van der Waals surface area contributed by atoms with E-state index < -0.39 is 23.5 Å². The van der Waals surface area contributed by atoms with Crippen molar-refractivity contribution in [1.82, 2.24) is 9.88 Å². The van der Waals surface area contributed by atoms with Crippen LogP contribution in [0.5, 0.6) is 5.75 Å². The predicted octanol–water partition coefficient (Wildman–Crippen LogP) is 4.94. The molecule has 1 amide bonds. The molecule has 0 saturated heterocycles. The fraction of sp³-hybridized carbons (Fsp3) is 0.269. The number of ether oxygens (including phenoxy) is 1. The van der Waals surface area contributed by atoms with E-state index in [1.54, 1.807) is 43.6 Å². The summed E-state index contributed by atoms with van der Waals surface area (Å²) in [4.78, 5) is 32.0. The van der Waals surface area contributed by atoms with Gasteiger partial charge in [-0.15, -0.1) is 0 Å². The van der Waals surface area contributed by atoms with Crippen LogP contribution in [0.1, 0.15) is 53.2 Å². The molecule has 1 aromatic carbocycles. The van der Waals surface area contributed by atoms with Gasteiger partial charge in [-0.1, -0.05) is 25.5 Å². The van der Waals surface area contributed by atoms with Crippen molar-refractivity contribution < 1.29 is 23.8 Å². The molecule has 1 aliphatic rings. The standard InChI is InChI=1S/C26H26N2O5/c1-3-4-14-32-20-7-5-6-19(15-20)23-22(24(29)21-9-8-17(2)33-21)25(30)26(31)28(23)16-18-10-12-27-13-11-18/h5-13,15,23,30H,3-4,14,16H2,1-2H3/t23-/m1/s1. The lowest BCUT2D eigenvalue weighted by molar-refractivity contribution is -0.130. The zero-order valence-electron chi connectivity index (χ0n) is 18.7. The second-order valence-electron chi connectivity index (χ2n) is 7.97. The fourth-order valence-corrected chi connectivity index (χ4v) is 3.88. The number of carbonyl (C=O) groups excluding carboxylic acids is 2. The summed E-state index contributed by atoms with van der Waals surface area (Å²) < 4.78 is 11.4. The number of rotatable bonds is 9. The lowest BCUT2D eigenvalue weighted by Gasteiger charge is -2.27. The second kappa shape index (κ2) is 9.73. The molecular formula is C26H26N2O5. The third-order valence-corrected chi connectivity index (χ3v) is 5.56. The Morgan fingerprint density at radius 2 is 1.97 bits per heavy atom. The van der Waals surface area contributed by atoms with Gasteiger partial charge in [0.2, 0.25) is 5.78 Å². The molecular weight excluding hydrogens is 420 g/mol. The number of hydrogen-bond donors (Lipinski definition) is 1. The van der Waals surface area contributed by atoms with Crippen LogP contribution in [-0.2, 0) is 11.3 Å². The van der Waals surface area contributed by atoms with Gasteiger partial charge in [0.25, 0.3) is 5.91 Å². The number of aryl methyl sites for hydroxylation is 1. The molecule has 0 spiro atoms. The highest BCUT2D eigenvalue weighted by molar-refractivity contribution is 6.15. The number of aliphatic hydroxyl groups excluding tert-OH is 1. The summed E-state index contributed by atoms with van der Waals surface area (Å²) in [6.07, 6.45) is 5.20. The molecule has 0 saturated carbocycles. The summed E-state index contributed by atoms with van der Waals surface area (Å²) >= 11 is 0. The van der Waals surface area contributed by atoms with Crippen LogP contribution in [0.15, 0.2) is 76.7 Å². The fourth-order valence-electron chi connectivity index (χ4n) is 3.88. The van der Waals surface area contributed by atoms with Crippen LogP contribution in [-0.4, -0.2) is 33.3 Å². The SMILES string of the molecule is CCCCOc1cccc([C@@H]2C(C(=O)c3ccc(C)o3)=C(O)C(=O)N2Cc2ccncc2)c1. The normalized spacial score (nSPS) is 15.9. The summed E-state index contributed by atoms with van der Waals surface area (Å²) in [5.41, 5.74) is 1.49. The maximum Gasteiger partial charge on any atom is 0.290 e. The number of unbranched alkanes of at least 4 members (excludes halogenated alkanes) is 1. The van der Waals surface area contributed by atoms with Gasteiger partial charge in [0, 0.05) is 18.9 Å². The summed E-state index contributed by atoms with van der Waals surface area (Å²) in [7, 11) is 0. The number of nitrogens with zero attached hydrogens (tertiary/aromatic N) is 2. The van der Waals surface area contributed by atoms with Crippen molar-refractivity contribution in [2.75, 3.05) is 6.61 Å². The maximum absolute atomic E-state index is 13.4. The Morgan fingerprint density at radius 1 is 1.18 bits per heavy atom. The number of pyridine rings is 1. The number of amides is 1. The number of aromatic nitrogens is 1. The molecule has 1 N–H and O–H groups in total. The van der Waals surface area contributed by atoms with E-state index in [9.17, 15) is 14.7 Å². The van der Waals surface area contributed by atoms with Crippen LogP contribution in [0.2, 0.25) is 0 Å². The molecule has 1 aliphatic heterocycles. The quantitative estimate of drug-likeness (QED) is 0.370. The van der Waals surface area contributed by atoms with Gasteiger partial charge in [-0.05, 0) is 60.9 Å². The zero-order chi connectivity index (χ0) is 23.4. The number of benzene rings is 1. The van der Waals surface area contributed by atoms with Gasteiger partial charge in [0.15, 0.2) is 11.5 Å². The van der Waals surface area contributed by atoms with E-state index >= 15 is 0 Å². The Hall–Kier alpha value is -3.87. The van der Waals surface area contributed by atoms with Gasteiger partial charge < -0.3 is 19.2 Å². The van der Waals surface area contributed by atoms with E-state index in [1.165, 1.54) is 4.90 Å².